The number of aliphatic hydroxyl groups is 1. The minimum Gasteiger partial charge on any atom is -0.393 e. The third-order valence-corrected chi connectivity index (χ3v) is 3.66. The zero-order valence-electron chi connectivity index (χ0n) is 10.7. The number of halogens is 1. The Morgan fingerprint density at radius 1 is 1.38 bits per heavy atom. The van der Waals surface area contributed by atoms with Crippen molar-refractivity contribution in [1.82, 2.24) is 9.78 Å². The highest BCUT2D eigenvalue weighted by Crippen LogP contribution is 2.27. The van der Waals surface area contributed by atoms with E-state index in [2.05, 4.69) is 18.9 Å². The van der Waals surface area contributed by atoms with Gasteiger partial charge in [0.15, 0.2) is 0 Å². The molecule has 16 heavy (non-hydrogen) atoms. The first kappa shape index (κ1) is 13.5. The van der Waals surface area contributed by atoms with Crippen LogP contribution in [0.5, 0.6) is 0 Å². The van der Waals surface area contributed by atoms with Crippen LogP contribution in [0.25, 0.3) is 0 Å². The Bertz CT molecular complexity index is 350. The minimum absolute atomic E-state index is 0.223. The molecule has 0 saturated carbocycles. The van der Waals surface area contributed by atoms with Gasteiger partial charge in [-0.25, -0.2) is 0 Å². The quantitative estimate of drug-likeness (QED) is 0.884. The molecule has 1 aromatic heterocycles. The van der Waals surface area contributed by atoms with E-state index in [9.17, 15) is 5.11 Å². The Morgan fingerprint density at radius 2 is 1.94 bits per heavy atom. The fourth-order valence-electron chi connectivity index (χ4n) is 2.10. The summed E-state index contributed by atoms with van der Waals surface area (Å²) in [7, 11) is 1.84. The van der Waals surface area contributed by atoms with Crippen LogP contribution in [0.15, 0.2) is 0 Å². The molecule has 0 aliphatic carbocycles. The van der Waals surface area contributed by atoms with E-state index in [-0.39, 0.29) is 12.0 Å². The predicted molar refractivity (Wildman–Crippen MR) is 66.7 cm³/mol. The van der Waals surface area contributed by atoms with Gasteiger partial charge in [-0.1, -0.05) is 25.4 Å². The third-order valence-electron chi connectivity index (χ3n) is 3.19. The van der Waals surface area contributed by atoms with Crippen LogP contribution in [-0.4, -0.2) is 21.0 Å². The lowest BCUT2D eigenvalue weighted by molar-refractivity contribution is 0.0976. The lowest BCUT2D eigenvalue weighted by Gasteiger charge is -2.23. The van der Waals surface area contributed by atoms with E-state index in [1.807, 2.05) is 20.9 Å². The van der Waals surface area contributed by atoms with Crippen LogP contribution in [0.4, 0.5) is 0 Å². The van der Waals surface area contributed by atoms with Gasteiger partial charge < -0.3 is 5.11 Å². The fourth-order valence-corrected chi connectivity index (χ4v) is 2.36. The summed E-state index contributed by atoms with van der Waals surface area (Å²) >= 11 is 6.19. The molecule has 92 valence electrons. The van der Waals surface area contributed by atoms with Crippen LogP contribution in [0.3, 0.4) is 0 Å². The van der Waals surface area contributed by atoms with E-state index in [4.69, 9.17) is 11.6 Å². The Labute approximate surface area is 102 Å². The molecule has 1 rings (SSSR count). The van der Waals surface area contributed by atoms with Gasteiger partial charge in [-0.15, -0.1) is 0 Å². The second kappa shape index (κ2) is 5.19. The number of aryl methyl sites for hydroxylation is 2. The van der Waals surface area contributed by atoms with Crippen molar-refractivity contribution in [2.24, 2.45) is 18.9 Å². The van der Waals surface area contributed by atoms with Crippen molar-refractivity contribution in [3.05, 3.63) is 16.4 Å². The third kappa shape index (κ3) is 2.77. The standard InChI is InChI=1S/C12H21ClN2O/c1-7(2)10(9(4)16)6-11-8(3)14-15(5)12(11)13/h7,9-10,16H,6H2,1-5H3. The zero-order chi connectivity index (χ0) is 12.5. The Hall–Kier alpha value is -0.540. The number of nitrogens with zero attached hydrogens (tertiary/aromatic N) is 2. The van der Waals surface area contributed by atoms with E-state index in [0.717, 1.165) is 17.7 Å². The Morgan fingerprint density at radius 3 is 2.25 bits per heavy atom. The molecule has 1 N–H and O–H groups in total. The summed E-state index contributed by atoms with van der Waals surface area (Å²) in [6.07, 6.45) is 0.462. The smallest absolute Gasteiger partial charge is 0.130 e. The van der Waals surface area contributed by atoms with Crippen LogP contribution < -0.4 is 0 Å². The van der Waals surface area contributed by atoms with Gasteiger partial charge in [0, 0.05) is 12.6 Å². The summed E-state index contributed by atoms with van der Waals surface area (Å²) in [6, 6.07) is 0. The summed E-state index contributed by atoms with van der Waals surface area (Å²) < 4.78 is 1.69. The lowest BCUT2D eigenvalue weighted by Crippen LogP contribution is -2.24. The first-order chi connectivity index (χ1) is 7.34. The molecular formula is C12H21ClN2O. The maximum Gasteiger partial charge on any atom is 0.130 e. The van der Waals surface area contributed by atoms with Crippen molar-refractivity contribution in [3.63, 3.8) is 0 Å². The van der Waals surface area contributed by atoms with Gasteiger partial charge in [0.05, 0.1) is 11.8 Å². The van der Waals surface area contributed by atoms with Crippen LogP contribution in [0, 0.1) is 18.8 Å². The molecule has 0 radical (unpaired) electrons. The van der Waals surface area contributed by atoms with Crippen LogP contribution >= 0.6 is 11.6 Å². The fraction of sp³-hybridized carbons (Fsp3) is 0.750. The summed E-state index contributed by atoms with van der Waals surface area (Å²) in [5.74, 6) is 0.649. The molecule has 0 saturated heterocycles. The molecule has 2 atom stereocenters. The molecule has 0 aromatic carbocycles. The van der Waals surface area contributed by atoms with E-state index in [1.165, 1.54) is 0 Å². The second-order valence-electron chi connectivity index (χ2n) is 4.83. The van der Waals surface area contributed by atoms with E-state index >= 15 is 0 Å². The Kier molecular flexibility index (Phi) is 4.39. The van der Waals surface area contributed by atoms with Crippen molar-refractivity contribution in [2.75, 3.05) is 0 Å². The summed E-state index contributed by atoms with van der Waals surface area (Å²) in [4.78, 5) is 0. The maximum absolute atomic E-state index is 9.76. The van der Waals surface area contributed by atoms with Crippen molar-refractivity contribution in [1.29, 1.82) is 0 Å². The summed E-state index contributed by atoms with van der Waals surface area (Å²) in [6.45, 7) is 8.04. The molecule has 0 bridgehead atoms. The lowest BCUT2D eigenvalue weighted by atomic mass is 9.85. The second-order valence-corrected chi connectivity index (χ2v) is 5.19. The number of rotatable bonds is 4. The molecule has 0 aliphatic heterocycles. The van der Waals surface area contributed by atoms with Gasteiger partial charge >= 0.3 is 0 Å². The molecule has 0 aliphatic rings. The van der Waals surface area contributed by atoms with Crippen LogP contribution in [0.2, 0.25) is 5.15 Å². The monoisotopic (exact) mass is 244 g/mol. The predicted octanol–water partition coefficient (Wildman–Crippen LogP) is 2.58. The van der Waals surface area contributed by atoms with Crippen LogP contribution in [-0.2, 0) is 13.5 Å². The van der Waals surface area contributed by atoms with Gasteiger partial charge in [-0.05, 0) is 32.1 Å². The molecule has 0 fully saturated rings. The molecule has 1 heterocycles. The summed E-state index contributed by atoms with van der Waals surface area (Å²) in [5, 5.41) is 14.7. The first-order valence-electron chi connectivity index (χ1n) is 5.70. The number of hydrogen-bond acceptors (Lipinski definition) is 2. The zero-order valence-corrected chi connectivity index (χ0v) is 11.4. The molecule has 0 spiro atoms. The van der Waals surface area contributed by atoms with Crippen molar-refractivity contribution >= 4 is 11.6 Å². The van der Waals surface area contributed by atoms with Crippen molar-refractivity contribution < 1.29 is 5.11 Å². The first-order valence-corrected chi connectivity index (χ1v) is 6.08. The van der Waals surface area contributed by atoms with Crippen molar-refractivity contribution in [2.45, 2.75) is 40.2 Å². The average molecular weight is 245 g/mol. The number of aromatic nitrogens is 2. The minimum atomic E-state index is -0.323. The molecule has 0 amide bonds. The number of aliphatic hydroxyl groups excluding tert-OH is 1. The van der Waals surface area contributed by atoms with Gasteiger partial charge in [0.25, 0.3) is 0 Å². The number of hydrogen-bond donors (Lipinski definition) is 1. The highest BCUT2D eigenvalue weighted by molar-refractivity contribution is 6.30. The van der Waals surface area contributed by atoms with Gasteiger partial charge in [0.1, 0.15) is 5.15 Å². The largest absolute Gasteiger partial charge is 0.393 e. The topological polar surface area (TPSA) is 38.0 Å². The van der Waals surface area contributed by atoms with Gasteiger partial charge in [-0.2, -0.15) is 5.10 Å². The molecule has 4 heteroatoms. The maximum atomic E-state index is 9.76. The van der Waals surface area contributed by atoms with Gasteiger partial charge in [-0.3, -0.25) is 4.68 Å². The SMILES string of the molecule is Cc1nn(C)c(Cl)c1CC(C(C)C)C(C)O. The van der Waals surface area contributed by atoms with E-state index in [1.54, 1.807) is 4.68 Å². The molecule has 2 unspecified atom stereocenters. The van der Waals surface area contributed by atoms with Crippen molar-refractivity contribution in [3.8, 4) is 0 Å². The molecule has 3 nitrogen and oxygen atoms in total. The normalized spacial score (nSPS) is 15.5. The Balaban J connectivity index is 2.93. The molecular weight excluding hydrogens is 224 g/mol. The average Bonchev–Trinajstić information content (AvgIpc) is 2.38. The van der Waals surface area contributed by atoms with E-state index < -0.39 is 0 Å². The molecule has 1 aromatic rings. The van der Waals surface area contributed by atoms with Gasteiger partial charge in [0.2, 0.25) is 0 Å². The highest BCUT2D eigenvalue weighted by Gasteiger charge is 2.23. The highest BCUT2D eigenvalue weighted by atomic mass is 35.5. The van der Waals surface area contributed by atoms with E-state index in [0.29, 0.717) is 11.1 Å². The van der Waals surface area contributed by atoms with Crippen LogP contribution in [0.1, 0.15) is 32.0 Å². The summed E-state index contributed by atoms with van der Waals surface area (Å²) in [5.41, 5.74) is 2.02.